The Labute approximate surface area is 171 Å². The van der Waals surface area contributed by atoms with Crippen LogP contribution in [0.4, 0.5) is 11.5 Å². The first-order valence-electron chi connectivity index (χ1n) is 9.75. The monoisotopic (exact) mass is 393 g/mol. The summed E-state index contributed by atoms with van der Waals surface area (Å²) < 4.78 is 0. The van der Waals surface area contributed by atoms with E-state index in [1.807, 2.05) is 42.5 Å². The summed E-state index contributed by atoms with van der Waals surface area (Å²) in [6.45, 7) is 5.55. The second-order valence-corrected chi connectivity index (χ2v) is 7.16. The molecule has 152 valence electrons. The molecule has 0 spiro atoms. The molecule has 7 heteroatoms. The Morgan fingerprint density at radius 1 is 1.07 bits per heavy atom. The van der Waals surface area contributed by atoms with Crippen LogP contribution in [0.5, 0.6) is 0 Å². The van der Waals surface area contributed by atoms with Gasteiger partial charge < -0.3 is 20.4 Å². The summed E-state index contributed by atoms with van der Waals surface area (Å²) in [6.07, 6.45) is 4.78. The zero-order chi connectivity index (χ0) is 20.6. The van der Waals surface area contributed by atoms with E-state index in [-0.39, 0.29) is 11.8 Å². The molecule has 7 nitrogen and oxygen atoms in total. The number of anilines is 2. The van der Waals surface area contributed by atoms with E-state index < -0.39 is 6.04 Å². The van der Waals surface area contributed by atoms with Gasteiger partial charge in [0.15, 0.2) is 0 Å². The lowest BCUT2D eigenvalue weighted by molar-refractivity contribution is -0.123. The van der Waals surface area contributed by atoms with E-state index in [1.54, 1.807) is 19.2 Å². The Bertz CT molecular complexity index is 843. The molecule has 2 N–H and O–H groups in total. The molecule has 0 aliphatic carbocycles. The van der Waals surface area contributed by atoms with Crippen molar-refractivity contribution in [2.24, 2.45) is 0 Å². The molecule has 1 unspecified atom stereocenters. The molecule has 29 heavy (non-hydrogen) atoms. The van der Waals surface area contributed by atoms with E-state index in [9.17, 15) is 9.59 Å². The molecule has 3 rings (SSSR count). The molecule has 1 aromatic heterocycles. The van der Waals surface area contributed by atoms with Crippen molar-refractivity contribution in [2.75, 3.05) is 43.4 Å². The topological polar surface area (TPSA) is 77.6 Å². The molecule has 1 aliphatic rings. The van der Waals surface area contributed by atoms with E-state index in [2.05, 4.69) is 32.5 Å². The van der Waals surface area contributed by atoms with Crippen LogP contribution in [-0.4, -0.2) is 61.0 Å². The third-order valence-corrected chi connectivity index (χ3v) is 4.82. The Kier molecular flexibility index (Phi) is 6.97. The van der Waals surface area contributed by atoms with Crippen molar-refractivity contribution in [1.29, 1.82) is 0 Å². The molecular weight excluding hydrogens is 366 g/mol. The van der Waals surface area contributed by atoms with E-state index in [4.69, 9.17) is 0 Å². The number of carbonyl (C=O) groups is 2. The second kappa shape index (κ2) is 9.84. The van der Waals surface area contributed by atoms with Gasteiger partial charge in [-0.2, -0.15) is 0 Å². The van der Waals surface area contributed by atoms with Crippen LogP contribution in [0, 0.1) is 0 Å². The minimum atomic E-state index is -0.666. The molecule has 1 aliphatic heterocycles. The van der Waals surface area contributed by atoms with Crippen molar-refractivity contribution in [2.45, 2.75) is 13.0 Å². The molecule has 1 saturated heterocycles. The lowest BCUT2D eigenvalue weighted by Gasteiger charge is -2.33. The fourth-order valence-corrected chi connectivity index (χ4v) is 3.00. The first-order valence-corrected chi connectivity index (χ1v) is 9.75. The summed E-state index contributed by atoms with van der Waals surface area (Å²) >= 11 is 0. The van der Waals surface area contributed by atoms with Crippen molar-refractivity contribution < 1.29 is 9.59 Å². The highest BCUT2D eigenvalue weighted by atomic mass is 16.2. The average Bonchev–Trinajstić information content (AvgIpc) is 2.74. The molecule has 0 bridgehead atoms. The van der Waals surface area contributed by atoms with Gasteiger partial charge in [-0.05, 0) is 37.7 Å². The van der Waals surface area contributed by atoms with E-state index >= 15 is 0 Å². The summed E-state index contributed by atoms with van der Waals surface area (Å²) in [5, 5.41) is 5.46. The molecule has 0 saturated carbocycles. The SMILES string of the molecule is CC(NC(=O)/C=C/c1ccccc1)C(=O)Nc1ccc(N2CCN(C)CC2)nc1. The Hall–Kier alpha value is -3.19. The highest BCUT2D eigenvalue weighted by Gasteiger charge is 2.17. The van der Waals surface area contributed by atoms with Crippen LogP contribution < -0.4 is 15.5 Å². The summed E-state index contributed by atoms with van der Waals surface area (Å²) in [5.41, 5.74) is 1.53. The number of nitrogens with zero attached hydrogens (tertiary/aromatic N) is 3. The van der Waals surface area contributed by atoms with Gasteiger partial charge in [0.1, 0.15) is 11.9 Å². The number of aromatic nitrogens is 1. The van der Waals surface area contributed by atoms with Crippen molar-refractivity contribution in [3.05, 3.63) is 60.3 Å². The molecule has 1 aromatic carbocycles. The van der Waals surface area contributed by atoms with Crippen LogP contribution in [0.25, 0.3) is 6.08 Å². The van der Waals surface area contributed by atoms with Crippen LogP contribution in [0.15, 0.2) is 54.7 Å². The minimum Gasteiger partial charge on any atom is -0.354 e. The number of nitrogens with one attached hydrogen (secondary N) is 2. The lowest BCUT2D eigenvalue weighted by Crippen LogP contribution is -2.44. The maximum atomic E-state index is 12.4. The highest BCUT2D eigenvalue weighted by Crippen LogP contribution is 2.16. The van der Waals surface area contributed by atoms with Crippen molar-refractivity contribution >= 4 is 29.4 Å². The summed E-state index contributed by atoms with van der Waals surface area (Å²) in [4.78, 5) is 33.4. The number of piperazine rings is 1. The maximum Gasteiger partial charge on any atom is 0.246 e. The number of benzene rings is 1. The third-order valence-electron chi connectivity index (χ3n) is 4.82. The average molecular weight is 393 g/mol. The molecule has 2 amide bonds. The van der Waals surface area contributed by atoms with Crippen molar-refractivity contribution in [3.8, 4) is 0 Å². The minimum absolute atomic E-state index is 0.291. The first-order chi connectivity index (χ1) is 14.0. The van der Waals surface area contributed by atoms with E-state index in [1.165, 1.54) is 6.08 Å². The number of carbonyl (C=O) groups excluding carboxylic acids is 2. The first kappa shape index (κ1) is 20.5. The van der Waals surface area contributed by atoms with Crippen LogP contribution in [0.1, 0.15) is 12.5 Å². The lowest BCUT2D eigenvalue weighted by atomic mass is 10.2. The molecule has 1 atom stereocenters. The molecule has 2 heterocycles. The molecular formula is C22H27N5O2. The normalized spacial score (nSPS) is 15.9. The zero-order valence-electron chi connectivity index (χ0n) is 16.8. The second-order valence-electron chi connectivity index (χ2n) is 7.16. The predicted octanol–water partition coefficient (Wildman–Crippen LogP) is 1.99. The smallest absolute Gasteiger partial charge is 0.246 e. The van der Waals surface area contributed by atoms with Gasteiger partial charge in [-0.15, -0.1) is 0 Å². The summed E-state index contributed by atoms with van der Waals surface area (Å²) in [5.74, 6) is 0.296. The number of hydrogen-bond donors (Lipinski definition) is 2. The largest absolute Gasteiger partial charge is 0.354 e. The maximum absolute atomic E-state index is 12.4. The van der Waals surface area contributed by atoms with Crippen LogP contribution in [0.2, 0.25) is 0 Å². The predicted molar refractivity (Wildman–Crippen MR) is 116 cm³/mol. The number of rotatable bonds is 6. The standard InChI is InChI=1S/C22H27N5O2/c1-17(24-21(28)11-8-18-6-4-3-5-7-18)22(29)25-19-9-10-20(23-16-19)27-14-12-26(2)13-15-27/h3-11,16-17H,12-15H2,1-2H3,(H,24,28)(H,25,29)/b11-8+. The van der Waals surface area contributed by atoms with Gasteiger partial charge in [0.25, 0.3) is 0 Å². The van der Waals surface area contributed by atoms with Crippen LogP contribution >= 0.6 is 0 Å². The molecule has 2 aromatic rings. The quantitative estimate of drug-likeness (QED) is 0.734. The Morgan fingerprint density at radius 3 is 2.45 bits per heavy atom. The van der Waals surface area contributed by atoms with Gasteiger partial charge in [-0.25, -0.2) is 4.98 Å². The fourth-order valence-electron chi connectivity index (χ4n) is 3.00. The number of likely N-dealkylation sites (N-methyl/N-ethyl adjacent to an activating group) is 1. The van der Waals surface area contributed by atoms with Gasteiger partial charge in [0, 0.05) is 32.3 Å². The summed E-state index contributed by atoms with van der Waals surface area (Å²) in [6, 6.07) is 12.6. The van der Waals surface area contributed by atoms with Crippen LogP contribution in [0.3, 0.4) is 0 Å². The Morgan fingerprint density at radius 2 is 1.79 bits per heavy atom. The number of pyridine rings is 1. The van der Waals surface area contributed by atoms with Crippen molar-refractivity contribution in [1.82, 2.24) is 15.2 Å². The fraction of sp³-hybridized carbons (Fsp3) is 0.318. The van der Waals surface area contributed by atoms with Gasteiger partial charge in [-0.1, -0.05) is 30.3 Å². The Balaban J connectivity index is 1.49. The van der Waals surface area contributed by atoms with Crippen LogP contribution in [-0.2, 0) is 9.59 Å². The van der Waals surface area contributed by atoms with Gasteiger partial charge in [0.2, 0.25) is 11.8 Å². The molecule has 1 fully saturated rings. The van der Waals surface area contributed by atoms with Gasteiger partial charge in [0.05, 0.1) is 11.9 Å². The number of hydrogen-bond acceptors (Lipinski definition) is 5. The highest BCUT2D eigenvalue weighted by molar-refractivity contribution is 5.99. The number of amides is 2. The van der Waals surface area contributed by atoms with Crippen molar-refractivity contribution in [3.63, 3.8) is 0 Å². The van der Waals surface area contributed by atoms with E-state index in [0.717, 1.165) is 37.6 Å². The zero-order valence-corrected chi connectivity index (χ0v) is 16.8. The van der Waals surface area contributed by atoms with Gasteiger partial charge >= 0.3 is 0 Å². The molecule has 0 radical (unpaired) electrons. The van der Waals surface area contributed by atoms with Gasteiger partial charge in [-0.3, -0.25) is 9.59 Å². The van der Waals surface area contributed by atoms with E-state index in [0.29, 0.717) is 5.69 Å². The summed E-state index contributed by atoms with van der Waals surface area (Å²) in [7, 11) is 2.11. The third kappa shape index (κ3) is 6.15.